The molecule has 3 fully saturated rings. The summed E-state index contributed by atoms with van der Waals surface area (Å²) in [6, 6.07) is 4.15. The Balaban J connectivity index is 1.66. The van der Waals surface area contributed by atoms with Crippen LogP contribution in [0.4, 0.5) is 0 Å². The average molecular weight is 341 g/mol. The number of ether oxygens (including phenoxy) is 3. The SMILES string of the molecule is CC(=O)Oc1ccc2c3c1O[C@H]1C(=O)CC[C@]45OCN(CC[C@]314)[C@@H]5C2. The van der Waals surface area contributed by atoms with Gasteiger partial charge in [0.1, 0.15) is 12.3 Å². The van der Waals surface area contributed by atoms with Crippen LogP contribution in [0.5, 0.6) is 11.5 Å². The van der Waals surface area contributed by atoms with Crippen molar-refractivity contribution in [1.29, 1.82) is 0 Å². The second kappa shape index (κ2) is 4.24. The Bertz CT molecular complexity index is 850. The number of nitrogens with zero attached hydrogens (tertiary/aromatic N) is 1. The molecule has 130 valence electrons. The van der Waals surface area contributed by atoms with Crippen LogP contribution in [0.15, 0.2) is 12.1 Å². The van der Waals surface area contributed by atoms with E-state index in [1.54, 1.807) is 6.07 Å². The Morgan fingerprint density at radius 2 is 2.24 bits per heavy atom. The molecule has 0 N–H and O–H groups in total. The number of ketones is 1. The van der Waals surface area contributed by atoms with E-state index in [-0.39, 0.29) is 17.4 Å². The number of Topliss-reactive ketones (excluding diaryl/α,β-unsaturated/α-hetero) is 1. The van der Waals surface area contributed by atoms with Crippen LogP contribution in [0, 0.1) is 0 Å². The van der Waals surface area contributed by atoms with Gasteiger partial charge in [0.2, 0.25) is 0 Å². The summed E-state index contributed by atoms with van der Waals surface area (Å²) in [6.45, 7) is 2.93. The highest BCUT2D eigenvalue weighted by Crippen LogP contribution is 2.67. The number of piperidine rings is 1. The maximum atomic E-state index is 12.8. The number of benzene rings is 1. The molecule has 2 spiro atoms. The van der Waals surface area contributed by atoms with Gasteiger partial charge in [0.05, 0.1) is 5.41 Å². The van der Waals surface area contributed by atoms with Crippen LogP contribution in [0.2, 0.25) is 0 Å². The lowest BCUT2D eigenvalue weighted by Crippen LogP contribution is -2.73. The van der Waals surface area contributed by atoms with Crippen molar-refractivity contribution in [3.63, 3.8) is 0 Å². The second-order valence-electron chi connectivity index (χ2n) is 7.90. The third-order valence-electron chi connectivity index (χ3n) is 7.05. The standard InChI is InChI=1S/C19H19NO5/c1-10(21)24-13-3-2-11-8-14-19-5-4-12(22)17-18(19,15(11)16(13)25-17)6-7-20(14)9-23-19/h2-3,14,17H,4-9H2,1H3/t14-,17+,18+,19-/m1/s1. The molecule has 1 aromatic carbocycles. The minimum Gasteiger partial charge on any atom is -0.477 e. The highest BCUT2D eigenvalue weighted by Gasteiger charge is 2.76. The zero-order chi connectivity index (χ0) is 17.0. The van der Waals surface area contributed by atoms with E-state index >= 15 is 0 Å². The van der Waals surface area contributed by atoms with Crippen molar-refractivity contribution in [3.05, 3.63) is 23.3 Å². The van der Waals surface area contributed by atoms with E-state index in [4.69, 9.17) is 14.2 Å². The molecule has 2 aliphatic carbocycles. The summed E-state index contributed by atoms with van der Waals surface area (Å²) in [6.07, 6.45) is 2.47. The lowest BCUT2D eigenvalue weighted by molar-refractivity contribution is -0.159. The first kappa shape index (κ1) is 14.3. The molecule has 0 amide bonds. The molecule has 1 unspecified atom stereocenters. The molecular formula is C19H19NO5. The quantitative estimate of drug-likeness (QED) is 0.567. The maximum Gasteiger partial charge on any atom is 0.308 e. The highest BCUT2D eigenvalue weighted by molar-refractivity contribution is 5.90. The predicted molar refractivity (Wildman–Crippen MR) is 85.6 cm³/mol. The third-order valence-corrected chi connectivity index (χ3v) is 7.05. The molecule has 0 aromatic heterocycles. The summed E-state index contributed by atoms with van der Waals surface area (Å²) in [5, 5.41) is 0. The fraction of sp³-hybridized carbons (Fsp3) is 0.579. The first-order chi connectivity index (χ1) is 12.1. The highest BCUT2D eigenvalue weighted by atomic mass is 16.6. The number of carbonyl (C=O) groups is 2. The summed E-state index contributed by atoms with van der Waals surface area (Å²) in [5.74, 6) is 0.784. The van der Waals surface area contributed by atoms with Crippen LogP contribution < -0.4 is 9.47 Å². The number of hydrogen-bond acceptors (Lipinski definition) is 6. The monoisotopic (exact) mass is 341 g/mol. The smallest absolute Gasteiger partial charge is 0.308 e. The van der Waals surface area contributed by atoms with Crippen molar-refractivity contribution in [1.82, 2.24) is 4.90 Å². The van der Waals surface area contributed by atoms with Crippen molar-refractivity contribution in [3.8, 4) is 11.5 Å². The van der Waals surface area contributed by atoms with Gasteiger partial charge in [-0.15, -0.1) is 0 Å². The molecule has 25 heavy (non-hydrogen) atoms. The summed E-state index contributed by atoms with van der Waals surface area (Å²) in [7, 11) is 0. The van der Waals surface area contributed by atoms with Gasteiger partial charge in [0.25, 0.3) is 0 Å². The molecule has 6 rings (SSSR count). The van der Waals surface area contributed by atoms with Gasteiger partial charge >= 0.3 is 5.97 Å². The Hall–Kier alpha value is -1.92. The lowest BCUT2D eigenvalue weighted by atomic mass is 9.49. The van der Waals surface area contributed by atoms with Crippen molar-refractivity contribution < 1.29 is 23.8 Å². The lowest BCUT2D eigenvalue weighted by Gasteiger charge is -2.59. The first-order valence-electron chi connectivity index (χ1n) is 8.99. The summed E-state index contributed by atoms with van der Waals surface area (Å²) < 4.78 is 18.1. The van der Waals surface area contributed by atoms with E-state index in [0.717, 1.165) is 31.4 Å². The Morgan fingerprint density at radius 1 is 1.36 bits per heavy atom. The molecule has 3 aliphatic heterocycles. The minimum absolute atomic E-state index is 0.145. The summed E-state index contributed by atoms with van der Waals surface area (Å²) in [5.41, 5.74) is 1.50. The van der Waals surface area contributed by atoms with Gasteiger partial charge in [-0.05, 0) is 30.9 Å². The maximum absolute atomic E-state index is 12.8. The molecule has 1 aromatic rings. The van der Waals surface area contributed by atoms with Crippen molar-refractivity contribution >= 4 is 11.8 Å². The van der Waals surface area contributed by atoms with E-state index in [2.05, 4.69) is 4.90 Å². The van der Waals surface area contributed by atoms with Gasteiger partial charge in [-0.25, -0.2) is 0 Å². The van der Waals surface area contributed by atoms with Crippen LogP contribution in [-0.2, 0) is 26.2 Å². The average Bonchev–Trinajstić information content (AvgIpc) is 3.04. The molecule has 3 heterocycles. The Labute approximate surface area is 145 Å². The summed E-state index contributed by atoms with van der Waals surface area (Å²) in [4.78, 5) is 26.8. The van der Waals surface area contributed by atoms with Gasteiger partial charge < -0.3 is 14.2 Å². The van der Waals surface area contributed by atoms with Gasteiger partial charge in [0, 0.05) is 31.5 Å². The fourth-order valence-electron chi connectivity index (χ4n) is 6.26. The number of carbonyl (C=O) groups excluding carboxylic acids is 2. The molecule has 5 atom stereocenters. The van der Waals surface area contributed by atoms with E-state index in [1.807, 2.05) is 6.07 Å². The third kappa shape index (κ3) is 1.39. The van der Waals surface area contributed by atoms with Gasteiger partial charge in [-0.3, -0.25) is 14.5 Å². The molecule has 2 saturated heterocycles. The first-order valence-corrected chi connectivity index (χ1v) is 8.99. The molecular weight excluding hydrogens is 322 g/mol. The van der Waals surface area contributed by atoms with E-state index < -0.39 is 11.5 Å². The number of esters is 1. The number of hydrogen-bond donors (Lipinski definition) is 0. The van der Waals surface area contributed by atoms with Crippen LogP contribution in [-0.4, -0.2) is 47.7 Å². The van der Waals surface area contributed by atoms with Gasteiger partial charge in [-0.1, -0.05) is 6.07 Å². The van der Waals surface area contributed by atoms with Crippen molar-refractivity contribution in [2.24, 2.45) is 0 Å². The Kier molecular flexibility index (Phi) is 2.42. The van der Waals surface area contributed by atoms with Crippen LogP contribution in [0.1, 0.15) is 37.3 Å². The van der Waals surface area contributed by atoms with E-state index in [9.17, 15) is 9.59 Å². The summed E-state index contributed by atoms with van der Waals surface area (Å²) >= 11 is 0. The topological polar surface area (TPSA) is 65.1 Å². The zero-order valence-electron chi connectivity index (χ0n) is 14.0. The molecule has 6 heteroatoms. The Morgan fingerprint density at radius 3 is 3.08 bits per heavy atom. The van der Waals surface area contributed by atoms with Crippen molar-refractivity contribution in [2.75, 3.05) is 13.3 Å². The molecule has 0 radical (unpaired) electrons. The normalized spacial score (nSPS) is 42.0. The minimum atomic E-state index is -0.519. The van der Waals surface area contributed by atoms with Crippen molar-refractivity contribution in [2.45, 2.75) is 55.8 Å². The fourth-order valence-corrected chi connectivity index (χ4v) is 6.26. The number of rotatable bonds is 1. The molecule has 6 nitrogen and oxygen atoms in total. The van der Waals surface area contributed by atoms with E-state index in [0.29, 0.717) is 30.7 Å². The predicted octanol–water partition coefficient (Wildman–Crippen LogP) is 1.33. The molecule has 4 bridgehead atoms. The van der Waals surface area contributed by atoms with Crippen LogP contribution in [0.25, 0.3) is 0 Å². The van der Waals surface area contributed by atoms with E-state index in [1.165, 1.54) is 12.5 Å². The van der Waals surface area contributed by atoms with Gasteiger partial charge in [0.15, 0.2) is 23.4 Å². The van der Waals surface area contributed by atoms with Crippen LogP contribution >= 0.6 is 0 Å². The molecule has 1 saturated carbocycles. The largest absolute Gasteiger partial charge is 0.477 e. The zero-order valence-corrected chi connectivity index (χ0v) is 14.0. The van der Waals surface area contributed by atoms with Crippen LogP contribution in [0.3, 0.4) is 0 Å². The van der Waals surface area contributed by atoms with Gasteiger partial charge in [-0.2, -0.15) is 0 Å². The second-order valence-corrected chi connectivity index (χ2v) is 7.90. The molecule has 5 aliphatic rings.